The summed E-state index contributed by atoms with van der Waals surface area (Å²) in [6.07, 6.45) is 2.35. The van der Waals surface area contributed by atoms with Gasteiger partial charge in [-0.15, -0.1) is 0 Å². The Bertz CT molecular complexity index is 153. The lowest BCUT2D eigenvalue weighted by Gasteiger charge is -2.03. The minimum absolute atomic E-state index is 1.18. The van der Waals surface area contributed by atoms with Crippen molar-refractivity contribution < 1.29 is 0 Å². The summed E-state index contributed by atoms with van der Waals surface area (Å²) in [4.78, 5) is 0. The summed E-state index contributed by atoms with van der Waals surface area (Å²) in [6, 6.07) is 6.55. The smallest absolute Gasteiger partial charge is 0.0540 e. The van der Waals surface area contributed by atoms with Gasteiger partial charge in [0.1, 0.15) is 0 Å². The van der Waals surface area contributed by atoms with Crippen LogP contribution >= 0.6 is 0 Å². The molecule has 0 unspecified atom stereocenters. The lowest BCUT2D eigenvalue weighted by Crippen LogP contribution is -1.81. The Morgan fingerprint density at radius 3 is 2.67 bits per heavy atom. The van der Waals surface area contributed by atoms with E-state index in [1.54, 1.807) is 0 Å². The number of rotatable bonds is 2. The van der Waals surface area contributed by atoms with Crippen molar-refractivity contribution in [2.75, 3.05) is 0 Å². The quantitative estimate of drug-likeness (QED) is 0.527. The Kier molecular flexibility index (Phi) is 1.99. The first-order valence-electron chi connectivity index (χ1n) is 3.62. The molecule has 1 aromatic rings. The second-order valence-electron chi connectivity index (χ2n) is 2.28. The van der Waals surface area contributed by atoms with Gasteiger partial charge >= 0.3 is 0 Å². The molecule has 0 amide bonds. The molecule has 0 fully saturated rings. The van der Waals surface area contributed by atoms with Gasteiger partial charge in [0.05, 0.1) is 0 Å². The van der Waals surface area contributed by atoms with E-state index in [9.17, 15) is 0 Å². The summed E-state index contributed by atoms with van der Waals surface area (Å²) < 4.78 is 0. The van der Waals surface area contributed by atoms with Crippen LogP contribution in [-0.2, 0) is 12.8 Å². The van der Waals surface area contributed by atoms with Gasteiger partial charge in [-0.1, -0.05) is 26.7 Å². The molecule has 9 heavy (non-hydrogen) atoms. The molecule has 0 aliphatic rings. The molecule has 0 heterocycles. The molecule has 1 aromatic carbocycles. The highest BCUT2D eigenvalue weighted by molar-refractivity contribution is 5.28. The molecule has 0 atom stereocenters. The van der Waals surface area contributed by atoms with Crippen molar-refractivity contribution in [3.63, 3.8) is 0 Å². The van der Waals surface area contributed by atoms with Crippen LogP contribution in [0.2, 0.25) is 0 Å². The second-order valence-corrected chi connectivity index (χ2v) is 2.28. The molecular formula is C9H13-. The molecule has 0 nitrogen and oxygen atoms in total. The molecule has 0 aliphatic carbocycles. The van der Waals surface area contributed by atoms with Crippen LogP contribution < -0.4 is 0 Å². The molecule has 0 saturated carbocycles. The Labute approximate surface area is 56.9 Å². The molecular weight excluding hydrogens is 108 g/mol. The maximum absolute atomic E-state index is 2.21. The molecule has 50 valence electrons. The highest BCUT2D eigenvalue weighted by Gasteiger charge is 1.86. The van der Waals surface area contributed by atoms with Crippen molar-refractivity contribution in [3.8, 4) is 0 Å². The zero-order valence-electron chi connectivity index (χ0n) is 6.15. The Morgan fingerprint density at radius 1 is 1.44 bits per heavy atom. The van der Waals surface area contributed by atoms with Crippen molar-refractivity contribution in [2.45, 2.75) is 26.7 Å². The van der Waals surface area contributed by atoms with Gasteiger partial charge in [-0.2, -0.15) is 17.2 Å². The fourth-order valence-electron chi connectivity index (χ4n) is 1.18. The van der Waals surface area contributed by atoms with Crippen molar-refractivity contribution in [3.05, 3.63) is 29.3 Å². The second kappa shape index (κ2) is 2.77. The summed E-state index contributed by atoms with van der Waals surface area (Å²) in [5, 5.41) is 0. The van der Waals surface area contributed by atoms with E-state index in [0.29, 0.717) is 0 Å². The number of hydrogen-bond acceptors (Lipinski definition) is 0. The van der Waals surface area contributed by atoms with Crippen LogP contribution in [0.3, 0.4) is 0 Å². The van der Waals surface area contributed by atoms with E-state index >= 15 is 0 Å². The molecule has 1 rings (SSSR count). The maximum Gasteiger partial charge on any atom is -0.0540 e. The van der Waals surface area contributed by atoms with E-state index in [0.717, 1.165) is 0 Å². The Morgan fingerprint density at radius 2 is 2.22 bits per heavy atom. The van der Waals surface area contributed by atoms with Crippen molar-refractivity contribution in [2.24, 2.45) is 0 Å². The largest absolute Gasteiger partial charge is 0.213 e. The van der Waals surface area contributed by atoms with E-state index in [4.69, 9.17) is 0 Å². The van der Waals surface area contributed by atoms with Crippen molar-refractivity contribution in [1.82, 2.24) is 0 Å². The van der Waals surface area contributed by atoms with Crippen molar-refractivity contribution in [1.29, 1.82) is 0 Å². The molecule has 0 N–H and O–H groups in total. The summed E-state index contributed by atoms with van der Waals surface area (Å²) in [5.74, 6) is 0. The minimum atomic E-state index is 1.18. The summed E-state index contributed by atoms with van der Waals surface area (Å²) >= 11 is 0. The third-order valence-electron chi connectivity index (χ3n) is 1.77. The van der Waals surface area contributed by atoms with Crippen LogP contribution in [0, 0.1) is 0 Å². The van der Waals surface area contributed by atoms with Crippen molar-refractivity contribution >= 4 is 0 Å². The van der Waals surface area contributed by atoms with Gasteiger partial charge in [-0.25, -0.2) is 12.1 Å². The van der Waals surface area contributed by atoms with Crippen LogP contribution in [-0.4, -0.2) is 0 Å². The predicted octanol–water partition coefficient (Wildman–Crippen LogP) is 2.53. The average molecular weight is 121 g/mol. The summed E-state index contributed by atoms with van der Waals surface area (Å²) in [7, 11) is 0. The molecule has 0 aromatic heterocycles. The van der Waals surface area contributed by atoms with Gasteiger partial charge in [0.25, 0.3) is 0 Å². The molecule has 0 spiro atoms. The Balaban J connectivity index is 2.85. The van der Waals surface area contributed by atoms with Gasteiger partial charge in [0.2, 0.25) is 0 Å². The first-order chi connectivity index (χ1) is 4.38. The number of aryl methyl sites for hydroxylation is 2. The zero-order valence-corrected chi connectivity index (χ0v) is 6.15. The van der Waals surface area contributed by atoms with Crippen LogP contribution in [0.15, 0.2) is 18.2 Å². The molecule has 0 saturated heterocycles. The first kappa shape index (κ1) is 6.47. The van der Waals surface area contributed by atoms with E-state index < -0.39 is 0 Å². The predicted molar refractivity (Wildman–Crippen MR) is 40.8 cm³/mol. The van der Waals surface area contributed by atoms with E-state index in [2.05, 4.69) is 32.0 Å². The molecule has 0 aliphatic heterocycles. The van der Waals surface area contributed by atoms with Crippen LogP contribution in [0.25, 0.3) is 0 Å². The molecule has 0 radical (unpaired) electrons. The fourth-order valence-corrected chi connectivity index (χ4v) is 1.18. The number of hydrogen-bond donors (Lipinski definition) is 0. The average Bonchev–Trinajstić information content (AvgIpc) is 2.33. The van der Waals surface area contributed by atoms with E-state index in [1.165, 1.54) is 24.0 Å². The van der Waals surface area contributed by atoms with Crippen LogP contribution in [0.1, 0.15) is 25.0 Å². The summed E-state index contributed by atoms with van der Waals surface area (Å²) in [5.41, 5.74) is 3.02. The lowest BCUT2D eigenvalue weighted by atomic mass is 10.1. The topological polar surface area (TPSA) is 0 Å². The minimum Gasteiger partial charge on any atom is -0.213 e. The van der Waals surface area contributed by atoms with Crippen LogP contribution in [0.4, 0.5) is 0 Å². The standard InChI is InChI=1S/C9H13/c1-3-8-6-5-7-9(8)4-2/h5-7H,3-4H2,1-2H3/q-1. The van der Waals surface area contributed by atoms with Crippen LogP contribution in [0.5, 0.6) is 0 Å². The Hall–Kier alpha value is -0.650. The van der Waals surface area contributed by atoms with Gasteiger partial charge < -0.3 is 0 Å². The SMILES string of the molecule is CCc1ccc[c-]1CC. The lowest BCUT2D eigenvalue weighted by molar-refractivity contribution is 1.06. The van der Waals surface area contributed by atoms with Gasteiger partial charge in [-0.05, 0) is 0 Å². The first-order valence-corrected chi connectivity index (χ1v) is 3.62. The van der Waals surface area contributed by atoms with Gasteiger partial charge in [0, 0.05) is 0 Å². The van der Waals surface area contributed by atoms with Gasteiger partial charge in [0.15, 0.2) is 0 Å². The van der Waals surface area contributed by atoms with E-state index in [-0.39, 0.29) is 0 Å². The zero-order chi connectivity index (χ0) is 6.69. The monoisotopic (exact) mass is 121 g/mol. The molecule has 0 bridgehead atoms. The van der Waals surface area contributed by atoms with E-state index in [1.807, 2.05) is 0 Å². The third-order valence-corrected chi connectivity index (χ3v) is 1.77. The normalized spacial score (nSPS) is 10.0. The summed E-state index contributed by atoms with van der Waals surface area (Å²) in [6.45, 7) is 4.41. The van der Waals surface area contributed by atoms with Gasteiger partial charge in [-0.3, -0.25) is 0 Å². The highest BCUT2D eigenvalue weighted by Crippen LogP contribution is 2.10. The third kappa shape index (κ3) is 1.18. The highest BCUT2D eigenvalue weighted by atomic mass is 14.0. The maximum atomic E-state index is 2.21. The fraction of sp³-hybridized carbons (Fsp3) is 0.444. The molecule has 0 heteroatoms.